The molecule has 0 aromatic heterocycles. The zero-order chi connectivity index (χ0) is 10.1. The molecule has 0 aromatic carbocycles. The number of nitrogens with zero attached hydrogens (tertiary/aromatic N) is 2. The van der Waals surface area contributed by atoms with E-state index >= 15 is 0 Å². The molecule has 0 aliphatic carbocycles. The first kappa shape index (κ1) is 10.8. The first-order valence-electron chi connectivity index (χ1n) is 3.94. The highest BCUT2D eigenvalue weighted by atomic mass is 32.2. The van der Waals surface area contributed by atoms with Crippen molar-refractivity contribution in [3.05, 3.63) is 0 Å². The van der Waals surface area contributed by atoms with E-state index in [4.69, 9.17) is 5.11 Å². The van der Waals surface area contributed by atoms with Gasteiger partial charge in [-0.1, -0.05) is 0 Å². The van der Waals surface area contributed by atoms with Crippen LogP contribution in [0.5, 0.6) is 0 Å². The lowest BCUT2D eigenvalue weighted by Gasteiger charge is -2.17. The van der Waals surface area contributed by atoms with Gasteiger partial charge in [0.1, 0.15) is 6.67 Å². The first-order chi connectivity index (χ1) is 5.98. The van der Waals surface area contributed by atoms with Crippen LogP contribution in [0.3, 0.4) is 0 Å². The second-order valence-corrected chi connectivity index (χ2v) is 5.03. The normalized spacial score (nSPS) is 26.4. The van der Waals surface area contributed by atoms with Crippen molar-refractivity contribution in [2.75, 3.05) is 33.4 Å². The van der Waals surface area contributed by atoms with E-state index in [1.807, 2.05) is 0 Å². The van der Waals surface area contributed by atoms with Gasteiger partial charge in [-0.3, -0.25) is 0 Å². The highest BCUT2D eigenvalue weighted by molar-refractivity contribution is 7.87. The minimum atomic E-state index is -3.43. The van der Waals surface area contributed by atoms with Gasteiger partial charge in [0, 0.05) is 26.7 Å². The van der Waals surface area contributed by atoms with Crippen molar-refractivity contribution >= 4 is 10.2 Å². The molecule has 0 aromatic rings. The number of halogens is 1. The molecule has 1 rings (SSSR count). The molecule has 1 saturated heterocycles. The standard InChI is InChI=1S/C6H13FN2O3S/c1-8-2-3-9(13(8,11)12)5-6(10)4-7/h6,10H,2-5H2,1H3. The zero-order valence-corrected chi connectivity index (χ0v) is 8.17. The predicted molar refractivity (Wildman–Crippen MR) is 45.1 cm³/mol. The number of rotatable bonds is 3. The lowest BCUT2D eigenvalue weighted by atomic mass is 10.4. The van der Waals surface area contributed by atoms with E-state index in [0.29, 0.717) is 13.1 Å². The third kappa shape index (κ3) is 2.16. The van der Waals surface area contributed by atoms with E-state index in [0.717, 1.165) is 4.31 Å². The van der Waals surface area contributed by atoms with Crippen LogP contribution in [-0.4, -0.2) is 61.6 Å². The first-order valence-corrected chi connectivity index (χ1v) is 5.33. The molecule has 5 nitrogen and oxygen atoms in total. The van der Waals surface area contributed by atoms with Gasteiger partial charge in [0.25, 0.3) is 10.2 Å². The van der Waals surface area contributed by atoms with Crippen LogP contribution >= 0.6 is 0 Å². The average Bonchev–Trinajstić information content (AvgIpc) is 2.31. The van der Waals surface area contributed by atoms with Gasteiger partial charge in [0.05, 0.1) is 6.10 Å². The highest BCUT2D eigenvalue weighted by Crippen LogP contribution is 2.13. The van der Waals surface area contributed by atoms with Gasteiger partial charge in [-0.15, -0.1) is 0 Å². The second-order valence-electron chi connectivity index (χ2n) is 3.00. The van der Waals surface area contributed by atoms with Gasteiger partial charge in [-0.05, 0) is 0 Å². The van der Waals surface area contributed by atoms with Crippen molar-refractivity contribution in [2.45, 2.75) is 6.10 Å². The summed E-state index contributed by atoms with van der Waals surface area (Å²) in [5.41, 5.74) is 0. The van der Waals surface area contributed by atoms with Crippen molar-refractivity contribution in [3.8, 4) is 0 Å². The van der Waals surface area contributed by atoms with Gasteiger partial charge in [0.15, 0.2) is 0 Å². The maximum atomic E-state index is 11.9. The zero-order valence-electron chi connectivity index (χ0n) is 7.35. The van der Waals surface area contributed by atoms with Gasteiger partial charge in [-0.25, -0.2) is 4.39 Å². The number of alkyl halides is 1. The number of aliphatic hydroxyl groups is 1. The van der Waals surface area contributed by atoms with Crippen molar-refractivity contribution in [1.82, 2.24) is 8.61 Å². The van der Waals surface area contributed by atoms with Crippen molar-refractivity contribution < 1.29 is 17.9 Å². The highest BCUT2D eigenvalue weighted by Gasteiger charge is 2.34. The van der Waals surface area contributed by atoms with Crippen LogP contribution in [0.15, 0.2) is 0 Å². The summed E-state index contributed by atoms with van der Waals surface area (Å²) in [6.07, 6.45) is -1.22. The molecule has 7 heteroatoms. The lowest BCUT2D eigenvalue weighted by Crippen LogP contribution is -2.37. The predicted octanol–water partition coefficient (Wildman–Crippen LogP) is -1.19. The Morgan fingerprint density at radius 1 is 1.54 bits per heavy atom. The third-order valence-electron chi connectivity index (χ3n) is 1.98. The van der Waals surface area contributed by atoms with E-state index in [1.165, 1.54) is 11.4 Å². The lowest BCUT2D eigenvalue weighted by molar-refractivity contribution is 0.119. The van der Waals surface area contributed by atoms with E-state index in [-0.39, 0.29) is 6.54 Å². The minimum absolute atomic E-state index is 0.164. The summed E-state index contributed by atoms with van der Waals surface area (Å²) < 4.78 is 36.9. The van der Waals surface area contributed by atoms with Crippen LogP contribution in [0.25, 0.3) is 0 Å². The summed E-state index contributed by atoms with van der Waals surface area (Å²) in [6, 6.07) is 0. The topological polar surface area (TPSA) is 60.9 Å². The molecule has 1 aliphatic heterocycles. The van der Waals surface area contributed by atoms with E-state index in [2.05, 4.69) is 0 Å². The molecule has 0 saturated carbocycles. The molecule has 0 bridgehead atoms. The summed E-state index contributed by atoms with van der Waals surface area (Å²) in [5, 5.41) is 8.94. The fraction of sp³-hybridized carbons (Fsp3) is 1.00. The Labute approximate surface area is 76.9 Å². The summed E-state index contributed by atoms with van der Waals surface area (Å²) >= 11 is 0. The third-order valence-corrected chi connectivity index (χ3v) is 3.93. The van der Waals surface area contributed by atoms with Crippen molar-refractivity contribution in [2.24, 2.45) is 0 Å². The second kappa shape index (κ2) is 3.87. The average molecular weight is 212 g/mol. The summed E-state index contributed by atoms with van der Waals surface area (Å²) in [6.45, 7) is -0.379. The molecule has 1 heterocycles. The van der Waals surface area contributed by atoms with Crippen molar-refractivity contribution in [3.63, 3.8) is 0 Å². The molecule has 1 unspecified atom stereocenters. The molecule has 0 amide bonds. The Morgan fingerprint density at radius 2 is 2.15 bits per heavy atom. The number of aliphatic hydroxyl groups excluding tert-OH is 1. The van der Waals surface area contributed by atoms with Crippen molar-refractivity contribution in [1.29, 1.82) is 0 Å². The van der Waals surface area contributed by atoms with Crippen LogP contribution < -0.4 is 0 Å². The molecular formula is C6H13FN2O3S. The number of likely N-dealkylation sites (N-methyl/N-ethyl adjacent to an activating group) is 1. The Bertz CT molecular complexity index is 269. The number of hydrogen-bond acceptors (Lipinski definition) is 3. The Morgan fingerprint density at radius 3 is 2.54 bits per heavy atom. The van der Waals surface area contributed by atoms with Gasteiger partial charge >= 0.3 is 0 Å². The summed E-state index contributed by atoms with van der Waals surface area (Å²) in [7, 11) is -1.98. The summed E-state index contributed by atoms with van der Waals surface area (Å²) in [4.78, 5) is 0. The number of β-amino-alcohol motifs (C(OH)–C–C–N with tert-alkyl or cyclic N) is 1. The molecule has 0 spiro atoms. The Kier molecular flexibility index (Phi) is 3.23. The quantitative estimate of drug-likeness (QED) is 0.640. The van der Waals surface area contributed by atoms with Gasteiger partial charge in [0.2, 0.25) is 0 Å². The fourth-order valence-corrected chi connectivity index (χ4v) is 2.53. The Balaban J connectivity index is 2.63. The minimum Gasteiger partial charge on any atom is -0.389 e. The molecule has 1 N–H and O–H groups in total. The van der Waals surface area contributed by atoms with E-state index in [1.54, 1.807) is 0 Å². The van der Waals surface area contributed by atoms with E-state index in [9.17, 15) is 12.8 Å². The van der Waals surface area contributed by atoms with Crippen LogP contribution in [-0.2, 0) is 10.2 Å². The molecule has 13 heavy (non-hydrogen) atoms. The molecule has 1 fully saturated rings. The Hall–Kier alpha value is -0.240. The molecule has 78 valence electrons. The molecule has 1 aliphatic rings. The van der Waals surface area contributed by atoms with Crippen LogP contribution in [0, 0.1) is 0 Å². The fourth-order valence-electron chi connectivity index (χ4n) is 1.15. The maximum absolute atomic E-state index is 11.9. The van der Waals surface area contributed by atoms with Gasteiger partial charge in [-0.2, -0.15) is 17.0 Å². The molecule has 1 atom stereocenters. The maximum Gasteiger partial charge on any atom is 0.281 e. The SMILES string of the molecule is CN1CCN(CC(O)CF)S1(=O)=O. The summed E-state index contributed by atoms with van der Waals surface area (Å²) in [5.74, 6) is 0. The van der Waals surface area contributed by atoms with Crippen LogP contribution in [0.1, 0.15) is 0 Å². The van der Waals surface area contributed by atoms with Crippen LogP contribution in [0.2, 0.25) is 0 Å². The molecule has 0 radical (unpaired) electrons. The monoisotopic (exact) mass is 212 g/mol. The van der Waals surface area contributed by atoms with Crippen LogP contribution in [0.4, 0.5) is 4.39 Å². The van der Waals surface area contributed by atoms with Gasteiger partial charge < -0.3 is 5.11 Å². The largest absolute Gasteiger partial charge is 0.389 e. The number of hydrogen-bond donors (Lipinski definition) is 1. The van der Waals surface area contributed by atoms with E-state index < -0.39 is 23.0 Å². The molecular weight excluding hydrogens is 199 g/mol. The smallest absolute Gasteiger partial charge is 0.281 e.